The zero-order valence-electron chi connectivity index (χ0n) is 17.9. The van der Waals surface area contributed by atoms with Gasteiger partial charge in [-0.15, -0.1) is 0 Å². The molecule has 7 heteroatoms. The molecule has 2 rings (SSSR count). The van der Waals surface area contributed by atoms with Gasteiger partial charge in [0.15, 0.2) is 0 Å². The average molecular weight is 451 g/mol. The first kappa shape index (κ1) is 24.2. The van der Waals surface area contributed by atoms with Crippen molar-refractivity contribution in [2.75, 3.05) is 17.4 Å². The van der Waals surface area contributed by atoms with Gasteiger partial charge in [0.2, 0.25) is 5.91 Å². The second-order valence-electron chi connectivity index (χ2n) is 7.48. The minimum atomic E-state index is -3.91. The zero-order chi connectivity index (χ0) is 22.1. The molecule has 1 N–H and O–H groups in total. The number of rotatable bonds is 11. The molecular formula is C23H31ClN2O3S. The summed E-state index contributed by atoms with van der Waals surface area (Å²) in [6, 6.07) is 13.1. The lowest BCUT2D eigenvalue weighted by Gasteiger charge is -2.26. The highest BCUT2D eigenvalue weighted by atomic mass is 35.5. The summed E-state index contributed by atoms with van der Waals surface area (Å²) in [6.07, 6.45) is 4.26. The van der Waals surface area contributed by atoms with Gasteiger partial charge in [-0.2, -0.15) is 0 Å². The van der Waals surface area contributed by atoms with E-state index in [1.807, 2.05) is 0 Å². The molecule has 0 aliphatic heterocycles. The van der Waals surface area contributed by atoms with Crippen LogP contribution >= 0.6 is 11.6 Å². The van der Waals surface area contributed by atoms with Crippen molar-refractivity contribution < 1.29 is 13.2 Å². The van der Waals surface area contributed by atoms with Gasteiger partial charge in [0.1, 0.15) is 6.54 Å². The largest absolute Gasteiger partial charge is 0.354 e. The third kappa shape index (κ3) is 6.47. The van der Waals surface area contributed by atoms with Crippen molar-refractivity contribution in [1.82, 2.24) is 5.32 Å². The number of aryl methyl sites for hydroxylation is 1. The van der Waals surface area contributed by atoms with Crippen LogP contribution in [0.15, 0.2) is 53.4 Å². The molecule has 0 spiro atoms. The first-order valence-electron chi connectivity index (χ1n) is 10.4. The predicted molar refractivity (Wildman–Crippen MR) is 123 cm³/mol. The molecule has 1 amide bonds. The van der Waals surface area contributed by atoms with E-state index in [4.69, 9.17) is 11.6 Å². The van der Waals surface area contributed by atoms with Gasteiger partial charge in [-0.05, 0) is 55.2 Å². The first-order valence-corrected chi connectivity index (χ1v) is 12.2. The first-order chi connectivity index (χ1) is 14.3. The van der Waals surface area contributed by atoms with E-state index < -0.39 is 10.0 Å². The third-order valence-corrected chi connectivity index (χ3v) is 7.19. The maximum Gasteiger partial charge on any atom is 0.264 e. The Kier molecular flexibility index (Phi) is 9.18. The highest BCUT2D eigenvalue weighted by molar-refractivity contribution is 7.92. The van der Waals surface area contributed by atoms with Crippen molar-refractivity contribution >= 4 is 33.2 Å². The van der Waals surface area contributed by atoms with Crippen molar-refractivity contribution in [3.05, 3.63) is 59.1 Å². The number of hydrogen-bond acceptors (Lipinski definition) is 3. The van der Waals surface area contributed by atoms with E-state index in [0.717, 1.165) is 30.0 Å². The van der Waals surface area contributed by atoms with Crippen LogP contribution in [0.3, 0.4) is 0 Å². The number of unbranched alkanes of at least 4 members (excludes halogenated alkanes) is 1. The molecule has 0 saturated heterocycles. The van der Waals surface area contributed by atoms with Crippen molar-refractivity contribution in [1.29, 1.82) is 0 Å². The Morgan fingerprint density at radius 3 is 2.43 bits per heavy atom. The van der Waals surface area contributed by atoms with Crippen LogP contribution in [0.4, 0.5) is 5.69 Å². The lowest BCUT2D eigenvalue weighted by Crippen LogP contribution is -2.42. The van der Waals surface area contributed by atoms with Gasteiger partial charge in [0, 0.05) is 11.6 Å². The Morgan fingerprint density at radius 2 is 1.83 bits per heavy atom. The van der Waals surface area contributed by atoms with Gasteiger partial charge in [0.25, 0.3) is 10.0 Å². The van der Waals surface area contributed by atoms with Crippen molar-refractivity contribution in [3.63, 3.8) is 0 Å². The minimum Gasteiger partial charge on any atom is -0.354 e. The highest BCUT2D eigenvalue weighted by Crippen LogP contribution is 2.28. The van der Waals surface area contributed by atoms with Gasteiger partial charge >= 0.3 is 0 Å². The van der Waals surface area contributed by atoms with E-state index in [-0.39, 0.29) is 17.3 Å². The van der Waals surface area contributed by atoms with Gasteiger partial charge in [0.05, 0.1) is 10.6 Å². The van der Waals surface area contributed by atoms with Crippen LogP contribution in [0.2, 0.25) is 5.02 Å². The van der Waals surface area contributed by atoms with Crippen molar-refractivity contribution in [2.45, 2.75) is 51.3 Å². The molecule has 1 atom stereocenters. The van der Waals surface area contributed by atoms with E-state index in [1.165, 1.54) is 12.1 Å². The molecule has 5 nitrogen and oxygen atoms in total. The van der Waals surface area contributed by atoms with Crippen LogP contribution in [-0.2, 0) is 14.8 Å². The standard InChI is InChI=1S/C23H31ClN2O3S/c1-4-6-10-19(5-2)16-25-23(27)17-26(22-14-13-20(24)15-18(22)3)30(28,29)21-11-8-7-9-12-21/h7-9,11-15,19H,4-6,10,16-17H2,1-3H3,(H,25,27). The van der Waals surface area contributed by atoms with E-state index in [1.54, 1.807) is 43.3 Å². The minimum absolute atomic E-state index is 0.140. The zero-order valence-corrected chi connectivity index (χ0v) is 19.5. The van der Waals surface area contributed by atoms with Gasteiger partial charge in [-0.25, -0.2) is 8.42 Å². The Labute approximate surface area is 185 Å². The SMILES string of the molecule is CCCCC(CC)CNC(=O)CN(c1ccc(Cl)cc1C)S(=O)(=O)c1ccccc1. The summed E-state index contributed by atoms with van der Waals surface area (Å²) in [7, 11) is -3.91. The smallest absolute Gasteiger partial charge is 0.264 e. The number of halogens is 1. The number of carbonyl (C=O) groups excluding carboxylic acids is 1. The van der Waals surface area contributed by atoms with Gasteiger partial charge < -0.3 is 5.32 Å². The number of benzene rings is 2. The van der Waals surface area contributed by atoms with Crippen molar-refractivity contribution in [3.8, 4) is 0 Å². The average Bonchev–Trinajstić information content (AvgIpc) is 2.73. The maximum atomic E-state index is 13.4. The summed E-state index contributed by atoms with van der Waals surface area (Å²) in [4.78, 5) is 12.9. The third-order valence-electron chi connectivity index (χ3n) is 5.18. The van der Waals surface area contributed by atoms with Crippen LogP contribution < -0.4 is 9.62 Å². The Balaban J connectivity index is 2.27. The second kappa shape index (κ2) is 11.4. The molecule has 0 aliphatic carbocycles. The molecule has 0 fully saturated rings. The van der Waals surface area contributed by atoms with Crippen LogP contribution in [0.25, 0.3) is 0 Å². The Bertz CT molecular complexity index is 933. The topological polar surface area (TPSA) is 66.5 Å². The molecule has 2 aromatic rings. The molecule has 0 aliphatic rings. The summed E-state index contributed by atoms with van der Waals surface area (Å²) in [5.74, 6) is 0.0733. The van der Waals surface area contributed by atoms with E-state index in [9.17, 15) is 13.2 Å². The number of nitrogens with one attached hydrogen (secondary N) is 1. The summed E-state index contributed by atoms with van der Waals surface area (Å²) in [5.41, 5.74) is 1.13. The monoisotopic (exact) mass is 450 g/mol. The fourth-order valence-electron chi connectivity index (χ4n) is 3.31. The van der Waals surface area contributed by atoms with Crippen LogP contribution in [0, 0.1) is 12.8 Å². The van der Waals surface area contributed by atoms with Crippen LogP contribution in [-0.4, -0.2) is 27.4 Å². The second-order valence-corrected chi connectivity index (χ2v) is 9.77. The number of hydrogen-bond donors (Lipinski definition) is 1. The quantitative estimate of drug-likeness (QED) is 0.513. The van der Waals surface area contributed by atoms with E-state index >= 15 is 0 Å². The molecule has 0 heterocycles. The number of nitrogens with zero attached hydrogens (tertiary/aromatic N) is 1. The normalized spacial score (nSPS) is 12.4. The van der Waals surface area contributed by atoms with Crippen LogP contribution in [0.5, 0.6) is 0 Å². The molecule has 0 aromatic heterocycles. The lowest BCUT2D eigenvalue weighted by molar-refractivity contribution is -0.119. The number of sulfonamides is 1. The number of carbonyl (C=O) groups is 1. The maximum absolute atomic E-state index is 13.4. The van der Waals surface area contributed by atoms with Gasteiger partial charge in [-0.3, -0.25) is 9.10 Å². The lowest BCUT2D eigenvalue weighted by atomic mass is 9.99. The van der Waals surface area contributed by atoms with E-state index in [2.05, 4.69) is 19.2 Å². The fourth-order valence-corrected chi connectivity index (χ4v) is 5.04. The summed E-state index contributed by atoms with van der Waals surface area (Å²) in [5, 5.41) is 3.44. The summed E-state index contributed by atoms with van der Waals surface area (Å²) < 4.78 is 27.9. The predicted octanol–water partition coefficient (Wildman–Crippen LogP) is 5.18. The molecular weight excluding hydrogens is 420 g/mol. The molecule has 0 saturated carbocycles. The van der Waals surface area contributed by atoms with Gasteiger partial charge in [-0.1, -0.05) is 62.9 Å². The van der Waals surface area contributed by atoms with Crippen LogP contribution in [0.1, 0.15) is 45.1 Å². The summed E-state index contributed by atoms with van der Waals surface area (Å²) >= 11 is 6.05. The molecule has 1 unspecified atom stereocenters. The molecule has 0 radical (unpaired) electrons. The summed E-state index contributed by atoms with van der Waals surface area (Å²) in [6.45, 7) is 6.30. The molecule has 30 heavy (non-hydrogen) atoms. The fraction of sp³-hybridized carbons (Fsp3) is 0.435. The Hall–Kier alpha value is -2.05. The highest BCUT2D eigenvalue weighted by Gasteiger charge is 2.28. The molecule has 0 bridgehead atoms. The van der Waals surface area contributed by atoms with Crippen molar-refractivity contribution in [2.24, 2.45) is 5.92 Å². The molecule has 164 valence electrons. The molecule has 2 aromatic carbocycles. The Morgan fingerprint density at radius 1 is 1.13 bits per heavy atom. The number of anilines is 1. The number of amides is 1. The van der Waals surface area contributed by atoms with E-state index in [0.29, 0.717) is 28.7 Å².